The highest BCUT2D eigenvalue weighted by molar-refractivity contribution is 7.92. The second kappa shape index (κ2) is 7.72. The van der Waals surface area contributed by atoms with Crippen molar-refractivity contribution in [3.63, 3.8) is 0 Å². The SMILES string of the molecule is N#Cc1ccc(S(=O)(=O)Nc2cc(C(F)(F)F)ccc2N2CCCCC2)cc1. The summed E-state index contributed by atoms with van der Waals surface area (Å²) >= 11 is 0. The Hall–Kier alpha value is -2.73. The zero-order valence-corrected chi connectivity index (χ0v) is 15.6. The Kier molecular flexibility index (Phi) is 5.52. The number of hydrogen-bond acceptors (Lipinski definition) is 4. The fourth-order valence-electron chi connectivity index (χ4n) is 3.12. The molecule has 3 rings (SSSR count). The third-order valence-corrected chi connectivity index (χ3v) is 5.94. The molecule has 0 amide bonds. The van der Waals surface area contributed by atoms with Crippen LogP contribution in [-0.4, -0.2) is 21.5 Å². The van der Waals surface area contributed by atoms with Crippen molar-refractivity contribution in [1.29, 1.82) is 5.26 Å². The summed E-state index contributed by atoms with van der Waals surface area (Å²) < 4.78 is 67.2. The minimum Gasteiger partial charge on any atom is -0.370 e. The summed E-state index contributed by atoms with van der Waals surface area (Å²) in [6, 6.07) is 10.2. The molecule has 1 aliphatic rings. The number of halogens is 3. The third-order valence-electron chi connectivity index (χ3n) is 4.56. The van der Waals surface area contributed by atoms with Gasteiger partial charge in [-0.15, -0.1) is 0 Å². The Balaban J connectivity index is 2.00. The van der Waals surface area contributed by atoms with Crippen LogP contribution in [0.25, 0.3) is 0 Å². The van der Waals surface area contributed by atoms with Gasteiger partial charge in [0.15, 0.2) is 0 Å². The van der Waals surface area contributed by atoms with Crippen molar-refractivity contribution in [1.82, 2.24) is 0 Å². The first-order chi connectivity index (χ1) is 13.2. The lowest BCUT2D eigenvalue weighted by Crippen LogP contribution is -2.30. The summed E-state index contributed by atoms with van der Waals surface area (Å²) in [6.45, 7) is 1.30. The van der Waals surface area contributed by atoms with E-state index in [0.717, 1.165) is 31.4 Å². The van der Waals surface area contributed by atoms with E-state index < -0.39 is 21.8 Å². The number of sulfonamides is 1. The average Bonchev–Trinajstić information content (AvgIpc) is 2.67. The topological polar surface area (TPSA) is 73.2 Å². The molecule has 2 aromatic rings. The molecule has 0 unspecified atom stereocenters. The molecule has 0 atom stereocenters. The van der Waals surface area contributed by atoms with Gasteiger partial charge in [-0.2, -0.15) is 18.4 Å². The number of hydrogen-bond donors (Lipinski definition) is 1. The summed E-state index contributed by atoms with van der Waals surface area (Å²) in [5.74, 6) is 0. The second-order valence-corrected chi connectivity index (χ2v) is 8.20. The molecule has 0 spiro atoms. The normalized spacial score (nSPS) is 15.1. The first kappa shape index (κ1) is 20.0. The first-order valence-electron chi connectivity index (χ1n) is 8.70. The molecule has 0 aliphatic carbocycles. The van der Waals surface area contributed by atoms with Crippen LogP contribution in [0.2, 0.25) is 0 Å². The predicted octanol–water partition coefficient (Wildman–Crippen LogP) is 4.37. The van der Waals surface area contributed by atoms with Gasteiger partial charge in [0.25, 0.3) is 10.0 Å². The Morgan fingerprint density at radius 3 is 2.21 bits per heavy atom. The predicted molar refractivity (Wildman–Crippen MR) is 99.5 cm³/mol. The highest BCUT2D eigenvalue weighted by atomic mass is 32.2. The van der Waals surface area contributed by atoms with E-state index in [-0.39, 0.29) is 16.1 Å². The molecule has 1 saturated heterocycles. The maximum atomic E-state index is 13.2. The number of nitriles is 1. The zero-order valence-electron chi connectivity index (χ0n) is 14.8. The molecular weight excluding hydrogens is 391 g/mol. The molecule has 0 bridgehead atoms. The van der Waals surface area contributed by atoms with Crippen molar-refractivity contribution in [3.8, 4) is 6.07 Å². The number of alkyl halides is 3. The van der Waals surface area contributed by atoms with Crippen molar-refractivity contribution in [2.45, 2.75) is 30.3 Å². The van der Waals surface area contributed by atoms with E-state index in [1.807, 2.05) is 11.0 Å². The van der Waals surface area contributed by atoms with E-state index in [2.05, 4.69) is 4.72 Å². The Labute approximate surface area is 161 Å². The van der Waals surface area contributed by atoms with Crippen molar-refractivity contribution in [3.05, 3.63) is 53.6 Å². The van der Waals surface area contributed by atoms with E-state index in [9.17, 15) is 21.6 Å². The summed E-state index contributed by atoms with van der Waals surface area (Å²) in [4.78, 5) is 1.76. The number of anilines is 2. The molecule has 28 heavy (non-hydrogen) atoms. The van der Waals surface area contributed by atoms with Crippen molar-refractivity contribution >= 4 is 21.4 Å². The van der Waals surface area contributed by atoms with Crippen LogP contribution in [0, 0.1) is 11.3 Å². The van der Waals surface area contributed by atoms with Crippen molar-refractivity contribution in [2.24, 2.45) is 0 Å². The Morgan fingerprint density at radius 1 is 1.00 bits per heavy atom. The van der Waals surface area contributed by atoms with E-state index in [4.69, 9.17) is 5.26 Å². The minimum absolute atomic E-state index is 0.110. The van der Waals surface area contributed by atoms with Crippen LogP contribution < -0.4 is 9.62 Å². The minimum atomic E-state index is -4.59. The number of piperidine rings is 1. The number of nitrogens with one attached hydrogen (secondary N) is 1. The maximum absolute atomic E-state index is 13.2. The monoisotopic (exact) mass is 409 g/mol. The van der Waals surface area contributed by atoms with Gasteiger partial charge in [-0.05, 0) is 61.7 Å². The largest absolute Gasteiger partial charge is 0.416 e. The zero-order chi connectivity index (χ0) is 20.4. The average molecular weight is 409 g/mol. The molecule has 1 N–H and O–H groups in total. The smallest absolute Gasteiger partial charge is 0.370 e. The lowest BCUT2D eigenvalue weighted by atomic mass is 10.1. The number of rotatable bonds is 4. The Morgan fingerprint density at radius 2 is 1.64 bits per heavy atom. The van der Waals surface area contributed by atoms with E-state index >= 15 is 0 Å². The lowest BCUT2D eigenvalue weighted by Gasteiger charge is -2.31. The first-order valence-corrected chi connectivity index (χ1v) is 10.2. The van der Waals surface area contributed by atoms with E-state index in [0.29, 0.717) is 18.8 Å². The van der Waals surface area contributed by atoms with Crippen LogP contribution in [0.5, 0.6) is 0 Å². The Bertz CT molecular complexity index is 991. The van der Waals surface area contributed by atoms with Crippen LogP contribution in [0.1, 0.15) is 30.4 Å². The highest BCUT2D eigenvalue weighted by Crippen LogP contribution is 2.37. The van der Waals surface area contributed by atoms with Gasteiger partial charge in [-0.3, -0.25) is 4.72 Å². The van der Waals surface area contributed by atoms with E-state index in [1.165, 1.54) is 30.3 Å². The lowest BCUT2D eigenvalue weighted by molar-refractivity contribution is -0.137. The number of benzene rings is 2. The van der Waals surface area contributed by atoms with Gasteiger partial charge in [0, 0.05) is 13.1 Å². The fourth-order valence-corrected chi connectivity index (χ4v) is 4.18. The summed E-state index contributed by atoms with van der Waals surface area (Å²) in [5.41, 5.74) is -0.330. The molecule has 1 aliphatic heterocycles. The van der Waals surface area contributed by atoms with Gasteiger partial charge in [-0.1, -0.05) is 0 Å². The molecule has 2 aromatic carbocycles. The van der Waals surface area contributed by atoms with Crippen molar-refractivity contribution in [2.75, 3.05) is 22.7 Å². The highest BCUT2D eigenvalue weighted by Gasteiger charge is 2.32. The van der Waals surface area contributed by atoms with Crippen LogP contribution in [-0.2, 0) is 16.2 Å². The van der Waals surface area contributed by atoms with Crippen LogP contribution in [0.4, 0.5) is 24.5 Å². The standard InChI is InChI=1S/C19H18F3N3O2S/c20-19(21,22)15-6-9-18(25-10-2-1-3-11-25)17(12-15)24-28(26,27)16-7-4-14(13-23)5-8-16/h4-9,12,24H,1-3,10-11H2. The van der Waals surface area contributed by atoms with Gasteiger partial charge in [0.05, 0.1) is 33.5 Å². The van der Waals surface area contributed by atoms with Gasteiger partial charge >= 0.3 is 6.18 Å². The fraction of sp³-hybridized carbons (Fsp3) is 0.316. The van der Waals surface area contributed by atoms with E-state index in [1.54, 1.807) is 0 Å². The van der Waals surface area contributed by atoms with Gasteiger partial charge in [0.1, 0.15) is 0 Å². The summed E-state index contributed by atoms with van der Waals surface area (Å²) in [7, 11) is -4.12. The third kappa shape index (κ3) is 4.39. The van der Waals surface area contributed by atoms with Crippen LogP contribution in [0.3, 0.4) is 0 Å². The summed E-state index contributed by atoms with van der Waals surface area (Å²) in [5, 5.41) is 8.83. The second-order valence-electron chi connectivity index (χ2n) is 6.52. The summed E-state index contributed by atoms with van der Waals surface area (Å²) in [6.07, 6.45) is -1.77. The van der Waals surface area contributed by atoms with Gasteiger partial charge in [-0.25, -0.2) is 8.42 Å². The molecule has 148 valence electrons. The number of nitrogens with zero attached hydrogens (tertiary/aromatic N) is 2. The van der Waals surface area contributed by atoms with Gasteiger partial charge < -0.3 is 4.90 Å². The van der Waals surface area contributed by atoms with Crippen molar-refractivity contribution < 1.29 is 21.6 Å². The van der Waals surface area contributed by atoms with Crippen LogP contribution >= 0.6 is 0 Å². The molecule has 0 aromatic heterocycles. The molecule has 9 heteroatoms. The molecule has 1 fully saturated rings. The maximum Gasteiger partial charge on any atom is 0.416 e. The quantitative estimate of drug-likeness (QED) is 0.814. The molecule has 0 radical (unpaired) electrons. The molecule has 0 saturated carbocycles. The molecular formula is C19H18F3N3O2S. The molecule has 1 heterocycles. The van der Waals surface area contributed by atoms with Crippen LogP contribution in [0.15, 0.2) is 47.4 Å². The molecule has 5 nitrogen and oxygen atoms in total. The van der Waals surface area contributed by atoms with Gasteiger partial charge in [0.2, 0.25) is 0 Å².